The molecule has 3 rings (SSSR count). The summed E-state index contributed by atoms with van der Waals surface area (Å²) in [5, 5.41) is 38.3. The summed E-state index contributed by atoms with van der Waals surface area (Å²) in [5.41, 5.74) is 2.28. The predicted octanol–water partition coefficient (Wildman–Crippen LogP) is -5.05. The third-order valence-electron chi connectivity index (χ3n) is 2.79. The summed E-state index contributed by atoms with van der Waals surface area (Å²) in [6.45, 7) is -1.42. The zero-order valence-electron chi connectivity index (χ0n) is 9.89. The van der Waals surface area contributed by atoms with Crippen LogP contribution < -0.4 is 5.73 Å². The molecular weight excluding hydrogens is 342 g/mol. The van der Waals surface area contributed by atoms with Crippen LogP contribution >= 0.6 is 0 Å². The van der Waals surface area contributed by atoms with Crippen LogP contribution in [0.5, 0.6) is 0 Å². The highest BCUT2D eigenvalue weighted by Gasteiger charge is 2.66. The molecule has 0 spiro atoms. The maximum Gasteiger partial charge on any atom is 0.419 e. The van der Waals surface area contributed by atoms with Crippen molar-refractivity contribution in [2.24, 2.45) is 5.73 Å². The van der Waals surface area contributed by atoms with E-state index in [1.165, 1.54) is 0 Å². The second kappa shape index (κ2) is 4.77. The van der Waals surface area contributed by atoms with Gasteiger partial charge in [0.05, 0.1) is 0 Å². The lowest BCUT2D eigenvalue weighted by Crippen LogP contribution is -2.76. The van der Waals surface area contributed by atoms with Crippen LogP contribution in [0.1, 0.15) is 0 Å². The van der Waals surface area contributed by atoms with Crippen molar-refractivity contribution in [2.75, 3.05) is 6.61 Å². The van der Waals surface area contributed by atoms with Gasteiger partial charge in [0, 0.05) is 0 Å². The lowest BCUT2D eigenvalue weighted by molar-refractivity contribution is -0.398. The van der Waals surface area contributed by atoms with Crippen LogP contribution in [0.15, 0.2) is 0 Å². The average Bonchev–Trinajstić information content (AvgIpc) is 2.33. The summed E-state index contributed by atoms with van der Waals surface area (Å²) in [6, 6.07) is 0. The van der Waals surface area contributed by atoms with E-state index in [4.69, 9.17) is 10.8 Å². The maximum absolute atomic E-state index is 11.4. The molecule has 0 aliphatic carbocycles. The molecule has 3 aliphatic rings. The molecular formula is C6H11NO12S2. The van der Waals surface area contributed by atoms with Gasteiger partial charge in [0.2, 0.25) is 17.8 Å². The zero-order valence-corrected chi connectivity index (χ0v) is 11.5. The minimum Gasteiger partial charge on any atom is -0.391 e. The molecule has 2 bridgehead atoms. The molecule has 0 aromatic heterocycles. The SMILES string of the molecule is N[C@@]12OS(=O)(=O)OS(=O)(=O)O[C@@](CO)(O[C@H]1O)[C@@H](O)[C@@H]2O. The first-order chi connectivity index (χ1) is 9.38. The number of aliphatic hydroxyl groups excluding tert-OH is 4. The van der Waals surface area contributed by atoms with E-state index in [1.807, 2.05) is 0 Å². The maximum atomic E-state index is 11.4. The molecule has 0 aromatic carbocycles. The molecule has 3 saturated heterocycles. The highest BCUT2D eigenvalue weighted by molar-refractivity contribution is 7.95. The molecule has 0 amide bonds. The van der Waals surface area contributed by atoms with E-state index < -0.39 is 57.4 Å². The standard InChI is InChI=1S/C6H11NO12S2/c7-6-3(10)2(9)5(1-8,16-4(6)11)17-20(12,13)19-21(14,15)18-6/h2-4,8-11H,1,7H2/t2-,3-,4+,5+,6-/m0/s1. The molecule has 13 nitrogen and oxygen atoms in total. The number of aliphatic hydroxyl groups is 4. The van der Waals surface area contributed by atoms with Crippen molar-refractivity contribution in [1.82, 2.24) is 0 Å². The molecule has 0 unspecified atom stereocenters. The minimum atomic E-state index is -5.42. The Hall–Kier alpha value is -0.460. The van der Waals surface area contributed by atoms with Crippen molar-refractivity contribution in [3.05, 3.63) is 0 Å². The van der Waals surface area contributed by atoms with Gasteiger partial charge in [-0.25, -0.2) is 8.37 Å². The Balaban J connectivity index is 2.68. The summed E-state index contributed by atoms with van der Waals surface area (Å²) in [7, 11) is -10.8. The molecule has 0 saturated carbocycles. The third-order valence-corrected chi connectivity index (χ3v) is 5.10. The smallest absolute Gasteiger partial charge is 0.391 e. The van der Waals surface area contributed by atoms with E-state index in [-0.39, 0.29) is 0 Å². The van der Waals surface area contributed by atoms with Gasteiger partial charge in [0.15, 0.2) is 0 Å². The summed E-state index contributed by atoms with van der Waals surface area (Å²) in [5.74, 6) is -2.95. The van der Waals surface area contributed by atoms with Gasteiger partial charge in [-0.15, -0.1) is 3.63 Å². The highest BCUT2D eigenvalue weighted by atomic mass is 32.3. The van der Waals surface area contributed by atoms with Crippen LogP contribution in [0.2, 0.25) is 0 Å². The van der Waals surface area contributed by atoms with Crippen molar-refractivity contribution < 1.29 is 54.0 Å². The molecule has 0 radical (unpaired) electrons. The first-order valence-corrected chi connectivity index (χ1v) is 7.78. The first kappa shape index (κ1) is 16.9. The number of hydrogen-bond acceptors (Lipinski definition) is 13. The van der Waals surface area contributed by atoms with Crippen LogP contribution in [0.3, 0.4) is 0 Å². The van der Waals surface area contributed by atoms with E-state index in [2.05, 4.69) is 16.7 Å². The van der Waals surface area contributed by atoms with Crippen molar-refractivity contribution in [1.29, 1.82) is 0 Å². The van der Waals surface area contributed by atoms with E-state index in [1.54, 1.807) is 0 Å². The van der Waals surface area contributed by atoms with Crippen LogP contribution in [-0.4, -0.2) is 73.9 Å². The largest absolute Gasteiger partial charge is 0.419 e. The first-order valence-electron chi connectivity index (χ1n) is 5.11. The van der Waals surface area contributed by atoms with Gasteiger partial charge in [-0.1, -0.05) is 0 Å². The molecule has 3 fully saturated rings. The topological polar surface area (TPSA) is 212 Å². The van der Waals surface area contributed by atoms with E-state index in [0.29, 0.717) is 0 Å². The summed E-state index contributed by atoms with van der Waals surface area (Å²) in [6.07, 6.45) is -7.35. The Bertz CT molecular complexity index is 628. The van der Waals surface area contributed by atoms with Gasteiger partial charge in [0.25, 0.3) is 0 Å². The summed E-state index contributed by atoms with van der Waals surface area (Å²) < 4.78 is 61.8. The number of ether oxygens (including phenoxy) is 1. The minimum absolute atomic E-state index is 1.42. The second-order valence-electron chi connectivity index (χ2n) is 4.23. The highest BCUT2D eigenvalue weighted by Crippen LogP contribution is 2.39. The van der Waals surface area contributed by atoms with Gasteiger partial charge in [-0.3, -0.25) is 5.73 Å². The quantitative estimate of drug-likeness (QED) is 0.299. The van der Waals surface area contributed by atoms with Crippen molar-refractivity contribution in [3.63, 3.8) is 0 Å². The number of hydrogen-bond donors (Lipinski definition) is 5. The molecule has 6 N–H and O–H groups in total. The summed E-state index contributed by atoms with van der Waals surface area (Å²) >= 11 is 0. The van der Waals surface area contributed by atoms with Crippen LogP contribution in [-0.2, 0) is 37.5 Å². The van der Waals surface area contributed by atoms with Crippen molar-refractivity contribution in [3.8, 4) is 0 Å². The summed E-state index contributed by atoms with van der Waals surface area (Å²) in [4.78, 5) is 0. The normalized spacial score (nSPS) is 49.1. The Morgan fingerprint density at radius 3 is 2.05 bits per heavy atom. The molecule has 3 heterocycles. The Morgan fingerprint density at radius 2 is 1.52 bits per heavy atom. The second-order valence-corrected chi connectivity index (χ2v) is 6.75. The molecule has 15 heteroatoms. The van der Waals surface area contributed by atoms with Crippen molar-refractivity contribution >= 4 is 20.8 Å². The molecule has 124 valence electrons. The van der Waals surface area contributed by atoms with Gasteiger partial charge in [-0.05, 0) is 0 Å². The van der Waals surface area contributed by atoms with Crippen LogP contribution in [0.25, 0.3) is 0 Å². The Morgan fingerprint density at radius 1 is 1.00 bits per heavy atom. The zero-order chi connectivity index (χ0) is 16.3. The van der Waals surface area contributed by atoms with E-state index in [0.717, 1.165) is 0 Å². The Labute approximate surface area is 118 Å². The van der Waals surface area contributed by atoms with Gasteiger partial charge in [0.1, 0.15) is 18.8 Å². The predicted molar refractivity (Wildman–Crippen MR) is 56.9 cm³/mol. The van der Waals surface area contributed by atoms with Crippen LogP contribution in [0.4, 0.5) is 0 Å². The fourth-order valence-electron chi connectivity index (χ4n) is 1.78. The monoisotopic (exact) mass is 353 g/mol. The number of nitrogens with two attached hydrogens (primary N) is 1. The molecule has 5 atom stereocenters. The fraction of sp³-hybridized carbons (Fsp3) is 1.00. The Kier molecular flexibility index (Phi) is 3.84. The lowest BCUT2D eigenvalue weighted by atomic mass is 9.92. The molecule has 3 aliphatic heterocycles. The number of rotatable bonds is 1. The van der Waals surface area contributed by atoms with Gasteiger partial charge in [-0.2, -0.15) is 16.8 Å². The lowest BCUT2D eigenvalue weighted by Gasteiger charge is -2.48. The fourth-order valence-corrected chi connectivity index (χ4v) is 3.89. The van der Waals surface area contributed by atoms with E-state index >= 15 is 0 Å². The molecule has 0 aromatic rings. The average molecular weight is 353 g/mol. The van der Waals surface area contributed by atoms with Gasteiger partial charge >= 0.3 is 20.8 Å². The molecule has 21 heavy (non-hydrogen) atoms. The number of fused-ring (bicyclic) bond motifs is 6. The van der Waals surface area contributed by atoms with Crippen molar-refractivity contribution in [2.45, 2.75) is 30.0 Å². The van der Waals surface area contributed by atoms with Crippen LogP contribution in [0, 0.1) is 0 Å². The van der Waals surface area contributed by atoms with E-state index in [9.17, 15) is 32.2 Å². The van der Waals surface area contributed by atoms with Gasteiger partial charge < -0.3 is 25.2 Å². The third kappa shape index (κ3) is 2.66.